The summed E-state index contributed by atoms with van der Waals surface area (Å²) >= 11 is 4.27. The SMILES string of the molecule is SCCCN1CCC2=C(CCCC2)C1. The number of thiol groups is 1. The molecule has 0 N–H and O–H groups in total. The molecular formula is C12H21NS. The van der Waals surface area contributed by atoms with Crippen LogP contribution >= 0.6 is 12.6 Å². The van der Waals surface area contributed by atoms with Gasteiger partial charge in [-0.2, -0.15) is 12.6 Å². The van der Waals surface area contributed by atoms with Crippen LogP contribution in [0.5, 0.6) is 0 Å². The van der Waals surface area contributed by atoms with E-state index in [0.717, 1.165) is 5.75 Å². The molecule has 0 aromatic rings. The van der Waals surface area contributed by atoms with E-state index in [4.69, 9.17) is 0 Å². The minimum Gasteiger partial charge on any atom is -0.299 e. The van der Waals surface area contributed by atoms with Crippen LogP contribution in [0, 0.1) is 0 Å². The Morgan fingerprint density at radius 1 is 1.07 bits per heavy atom. The molecule has 0 radical (unpaired) electrons. The van der Waals surface area contributed by atoms with Crippen LogP contribution in [0.3, 0.4) is 0 Å². The molecule has 1 aliphatic heterocycles. The average Bonchev–Trinajstić information content (AvgIpc) is 2.26. The fraction of sp³-hybridized carbons (Fsp3) is 0.833. The summed E-state index contributed by atoms with van der Waals surface area (Å²) in [6.45, 7) is 3.82. The van der Waals surface area contributed by atoms with E-state index in [1.54, 1.807) is 11.1 Å². The van der Waals surface area contributed by atoms with Crippen molar-refractivity contribution < 1.29 is 0 Å². The van der Waals surface area contributed by atoms with Crippen LogP contribution in [0.25, 0.3) is 0 Å². The highest BCUT2D eigenvalue weighted by molar-refractivity contribution is 7.80. The smallest absolute Gasteiger partial charge is 0.0195 e. The molecule has 80 valence electrons. The molecule has 0 unspecified atom stereocenters. The molecule has 2 rings (SSSR count). The Kier molecular flexibility index (Phi) is 3.94. The van der Waals surface area contributed by atoms with Gasteiger partial charge >= 0.3 is 0 Å². The highest BCUT2D eigenvalue weighted by Crippen LogP contribution is 2.30. The first-order valence-electron chi connectivity index (χ1n) is 5.93. The van der Waals surface area contributed by atoms with E-state index in [-0.39, 0.29) is 0 Å². The van der Waals surface area contributed by atoms with Crippen LogP contribution in [-0.4, -0.2) is 30.3 Å². The Hall–Kier alpha value is 0.0500. The summed E-state index contributed by atoms with van der Waals surface area (Å²) in [6.07, 6.45) is 8.24. The van der Waals surface area contributed by atoms with Gasteiger partial charge in [0.05, 0.1) is 0 Å². The lowest BCUT2D eigenvalue weighted by Crippen LogP contribution is -2.33. The molecule has 0 spiro atoms. The second-order valence-electron chi connectivity index (χ2n) is 4.52. The van der Waals surface area contributed by atoms with Crippen molar-refractivity contribution in [1.82, 2.24) is 4.90 Å². The summed E-state index contributed by atoms with van der Waals surface area (Å²) in [5.41, 5.74) is 3.58. The van der Waals surface area contributed by atoms with E-state index >= 15 is 0 Å². The Labute approximate surface area is 93.0 Å². The number of hydrogen-bond donors (Lipinski definition) is 1. The van der Waals surface area contributed by atoms with Crippen LogP contribution in [0.1, 0.15) is 38.5 Å². The number of rotatable bonds is 3. The van der Waals surface area contributed by atoms with Gasteiger partial charge in [-0.25, -0.2) is 0 Å². The predicted molar refractivity (Wildman–Crippen MR) is 65.0 cm³/mol. The van der Waals surface area contributed by atoms with Gasteiger partial charge in [-0.1, -0.05) is 11.1 Å². The average molecular weight is 211 g/mol. The van der Waals surface area contributed by atoms with E-state index in [1.165, 1.54) is 58.2 Å². The van der Waals surface area contributed by atoms with Crippen molar-refractivity contribution in [2.45, 2.75) is 38.5 Å². The summed E-state index contributed by atoms with van der Waals surface area (Å²) < 4.78 is 0. The maximum atomic E-state index is 4.27. The second-order valence-corrected chi connectivity index (χ2v) is 4.96. The lowest BCUT2D eigenvalue weighted by Gasteiger charge is -2.33. The summed E-state index contributed by atoms with van der Waals surface area (Å²) in [7, 11) is 0. The van der Waals surface area contributed by atoms with Gasteiger partial charge in [-0.3, -0.25) is 4.90 Å². The molecule has 2 aliphatic rings. The van der Waals surface area contributed by atoms with Gasteiger partial charge in [-0.05, 0) is 50.8 Å². The predicted octanol–water partition coefficient (Wildman–Crippen LogP) is 2.88. The van der Waals surface area contributed by atoms with E-state index in [9.17, 15) is 0 Å². The fourth-order valence-electron chi connectivity index (χ4n) is 2.65. The summed E-state index contributed by atoms with van der Waals surface area (Å²) in [5, 5.41) is 0. The lowest BCUT2D eigenvalue weighted by molar-refractivity contribution is 0.276. The Morgan fingerprint density at radius 3 is 2.64 bits per heavy atom. The first-order valence-corrected chi connectivity index (χ1v) is 6.56. The van der Waals surface area contributed by atoms with E-state index in [1.807, 2.05) is 0 Å². The first kappa shape index (κ1) is 10.6. The molecule has 0 aromatic carbocycles. The molecule has 0 saturated heterocycles. The molecule has 0 atom stereocenters. The van der Waals surface area contributed by atoms with Gasteiger partial charge in [-0.15, -0.1) is 0 Å². The normalized spacial score (nSPS) is 23.8. The maximum absolute atomic E-state index is 4.27. The Morgan fingerprint density at radius 2 is 1.86 bits per heavy atom. The zero-order chi connectivity index (χ0) is 9.80. The fourth-order valence-corrected chi connectivity index (χ4v) is 2.79. The van der Waals surface area contributed by atoms with Gasteiger partial charge < -0.3 is 0 Å². The van der Waals surface area contributed by atoms with Crippen molar-refractivity contribution in [3.8, 4) is 0 Å². The highest BCUT2D eigenvalue weighted by atomic mass is 32.1. The third-order valence-electron chi connectivity index (χ3n) is 3.48. The van der Waals surface area contributed by atoms with Crippen LogP contribution in [0.4, 0.5) is 0 Å². The summed E-state index contributed by atoms with van der Waals surface area (Å²) in [6, 6.07) is 0. The highest BCUT2D eigenvalue weighted by Gasteiger charge is 2.20. The molecule has 0 saturated carbocycles. The molecule has 1 heterocycles. The van der Waals surface area contributed by atoms with Crippen molar-refractivity contribution in [2.24, 2.45) is 0 Å². The van der Waals surface area contributed by atoms with Crippen molar-refractivity contribution >= 4 is 12.6 Å². The molecular weight excluding hydrogens is 190 g/mol. The largest absolute Gasteiger partial charge is 0.299 e. The zero-order valence-corrected chi connectivity index (χ0v) is 9.86. The van der Waals surface area contributed by atoms with Crippen molar-refractivity contribution in [3.63, 3.8) is 0 Å². The molecule has 1 nitrogen and oxygen atoms in total. The lowest BCUT2D eigenvalue weighted by atomic mass is 9.87. The third kappa shape index (κ3) is 2.54. The molecule has 14 heavy (non-hydrogen) atoms. The monoisotopic (exact) mass is 211 g/mol. The van der Waals surface area contributed by atoms with Crippen molar-refractivity contribution in [1.29, 1.82) is 0 Å². The molecule has 0 bridgehead atoms. The van der Waals surface area contributed by atoms with Crippen LogP contribution in [0.2, 0.25) is 0 Å². The van der Waals surface area contributed by atoms with Gasteiger partial charge in [0, 0.05) is 13.1 Å². The van der Waals surface area contributed by atoms with Crippen molar-refractivity contribution in [2.75, 3.05) is 25.4 Å². The molecule has 1 aliphatic carbocycles. The topological polar surface area (TPSA) is 3.24 Å². The van der Waals surface area contributed by atoms with Crippen LogP contribution < -0.4 is 0 Å². The second kappa shape index (κ2) is 5.22. The quantitative estimate of drug-likeness (QED) is 0.555. The van der Waals surface area contributed by atoms with Gasteiger partial charge in [0.1, 0.15) is 0 Å². The van der Waals surface area contributed by atoms with Crippen LogP contribution in [0.15, 0.2) is 11.1 Å². The van der Waals surface area contributed by atoms with E-state index in [2.05, 4.69) is 17.5 Å². The third-order valence-corrected chi connectivity index (χ3v) is 3.80. The molecule has 2 heteroatoms. The maximum Gasteiger partial charge on any atom is 0.0195 e. The minimum atomic E-state index is 1.03. The molecule has 0 amide bonds. The van der Waals surface area contributed by atoms with E-state index in [0.29, 0.717) is 0 Å². The summed E-state index contributed by atoms with van der Waals surface area (Å²) in [5.74, 6) is 1.03. The number of hydrogen-bond acceptors (Lipinski definition) is 2. The van der Waals surface area contributed by atoms with Crippen LogP contribution in [-0.2, 0) is 0 Å². The molecule has 0 aromatic heterocycles. The molecule has 0 fully saturated rings. The Bertz CT molecular complexity index is 222. The summed E-state index contributed by atoms with van der Waals surface area (Å²) in [4.78, 5) is 2.61. The first-order chi connectivity index (χ1) is 6.90. The minimum absolute atomic E-state index is 1.03. The standard InChI is InChI=1S/C12H21NS/c14-9-3-7-13-8-6-11-4-1-2-5-12(11)10-13/h14H,1-10H2. The number of nitrogens with zero attached hydrogens (tertiary/aromatic N) is 1. The van der Waals surface area contributed by atoms with Gasteiger partial charge in [0.2, 0.25) is 0 Å². The zero-order valence-electron chi connectivity index (χ0n) is 8.97. The van der Waals surface area contributed by atoms with Crippen molar-refractivity contribution in [3.05, 3.63) is 11.1 Å². The Balaban J connectivity index is 1.88. The van der Waals surface area contributed by atoms with Gasteiger partial charge in [0.25, 0.3) is 0 Å². The van der Waals surface area contributed by atoms with Gasteiger partial charge in [0.15, 0.2) is 0 Å². The van der Waals surface area contributed by atoms with E-state index < -0.39 is 0 Å².